The van der Waals surface area contributed by atoms with Crippen molar-refractivity contribution in [3.8, 4) is 0 Å². The molecular weight excluding hydrogens is 402 g/mol. The molecule has 2 aromatic carbocycles. The third-order valence-corrected chi connectivity index (χ3v) is 5.16. The fourth-order valence-corrected chi connectivity index (χ4v) is 3.33. The summed E-state index contributed by atoms with van der Waals surface area (Å²) in [5.41, 5.74) is 1.72. The number of nitrogens with one attached hydrogen (secondary N) is 2. The Morgan fingerprint density at radius 2 is 1.91 bits per heavy atom. The fourth-order valence-electron chi connectivity index (χ4n) is 2.05. The molecule has 0 fully saturated rings. The number of sulfonamides is 1. The number of H-pyrrole nitrogens is 1. The number of rotatable bonds is 4. The summed E-state index contributed by atoms with van der Waals surface area (Å²) in [7, 11) is -3.72. The zero-order valence-electron chi connectivity index (χ0n) is 11.6. The summed E-state index contributed by atoms with van der Waals surface area (Å²) in [4.78, 5) is 5.38. The van der Waals surface area contributed by atoms with Crippen LogP contribution in [0.25, 0.3) is 10.9 Å². The summed E-state index contributed by atoms with van der Waals surface area (Å²) in [5.74, 6) is 0. The minimum absolute atomic E-state index is 0.0979. The van der Waals surface area contributed by atoms with Crippen molar-refractivity contribution >= 4 is 54.7 Å². The number of nitrogens with zero attached hydrogens (tertiary/aromatic N) is 1. The van der Waals surface area contributed by atoms with Crippen molar-refractivity contribution in [3.63, 3.8) is 0 Å². The first kappa shape index (κ1) is 16.0. The number of benzene rings is 2. The highest BCUT2D eigenvalue weighted by atomic mass is 79.9. The molecule has 2 N–H and O–H groups in total. The topological polar surface area (TPSA) is 74.3 Å². The maximum atomic E-state index is 12.1. The number of aromatic amines is 1. The van der Waals surface area contributed by atoms with Crippen molar-refractivity contribution < 1.29 is 8.42 Å². The molecule has 0 amide bonds. The van der Waals surface area contributed by atoms with E-state index in [1.807, 2.05) is 18.2 Å². The second-order valence-corrected chi connectivity index (χ2v) is 7.75. The van der Waals surface area contributed by atoms with Crippen molar-refractivity contribution in [1.29, 1.82) is 0 Å². The highest BCUT2D eigenvalue weighted by Crippen LogP contribution is 2.21. The minimum atomic E-state index is -3.72. The maximum absolute atomic E-state index is 12.1. The first-order valence-electron chi connectivity index (χ1n) is 6.53. The molecule has 1 heterocycles. The SMILES string of the molecule is O=S(=O)(N/N=C\c1c[nH]c2ccc(Br)cc12)c1ccc(Cl)cc1. The molecule has 8 heteroatoms. The van der Waals surface area contributed by atoms with Crippen LogP contribution >= 0.6 is 27.5 Å². The molecular formula is C15H11BrClN3O2S. The van der Waals surface area contributed by atoms with E-state index in [2.05, 4.69) is 30.8 Å². The van der Waals surface area contributed by atoms with Crippen LogP contribution in [0.2, 0.25) is 5.02 Å². The Balaban J connectivity index is 1.82. The third-order valence-electron chi connectivity index (χ3n) is 3.18. The molecule has 0 saturated carbocycles. The van der Waals surface area contributed by atoms with E-state index in [-0.39, 0.29) is 4.90 Å². The number of fused-ring (bicyclic) bond motifs is 1. The Morgan fingerprint density at radius 3 is 2.65 bits per heavy atom. The molecule has 3 rings (SSSR count). The number of hydrogen-bond acceptors (Lipinski definition) is 3. The molecule has 0 aliphatic heterocycles. The Bertz CT molecular complexity index is 982. The van der Waals surface area contributed by atoms with Gasteiger partial charge in [-0.2, -0.15) is 13.5 Å². The van der Waals surface area contributed by atoms with Gasteiger partial charge in [0.2, 0.25) is 0 Å². The molecule has 0 saturated heterocycles. The number of halogens is 2. The Hall–Kier alpha value is -1.83. The minimum Gasteiger partial charge on any atom is -0.361 e. The van der Waals surface area contributed by atoms with Gasteiger partial charge in [0.05, 0.1) is 11.1 Å². The average molecular weight is 413 g/mol. The summed E-state index contributed by atoms with van der Waals surface area (Å²) in [6.07, 6.45) is 3.22. The fraction of sp³-hybridized carbons (Fsp3) is 0. The third kappa shape index (κ3) is 3.57. The van der Waals surface area contributed by atoms with Gasteiger partial charge >= 0.3 is 0 Å². The molecule has 3 aromatic rings. The van der Waals surface area contributed by atoms with Crippen molar-refractivity contribution in [2.75, 3.05) is 0 Å². The van der Waals surface area contributed by atoms with E-state index in [0.717, 1.165) is 20.9 Å². The second kappa shape index (κ2) is 6.35. The smallest absolute Gasteiger partial charge is 0.276 e. The van der Waals surface area contributed by atoms with Gasteiger partial charge in [-0.3, -0.25) is 0 Å². The predicted octanol–water partition coefficient (Wildman–Crippen LogP) is 3.90. The van der Waals surface area contributed by atoms with Crippen molar-refractivity contribution in [2.45, 2.75) is 4.90 Å². The van der Waals surface area contributed by atoms with Gasteiger partial charge < -0.3 is 4.98 Å². The van der Waals surface area contributed by atoms with Crippen molar-refractivity contribution in [2.24, 2.45) is 5.10 Å². The van der Waals surface area contributed by atoms with Crippen LogP contribution in [0, 0.1) is 0 Å². The lowest BCUT2D eigenvalue weighted by molar-refractivity contribution is 0.584. The maximum Gasteiger partial charge on any atom is 0.276 e. The van der Waals surface area contributed by atoms with Gasteiger partial charge in [-0.15, -0.1) is 0 Å². The molecule has 5 nitrogen and oxygen atoms in total. The highest BCUT2D eigenvalue weighted by molar-refractivity contribution is 9.10. The highest BCUT2D eigenvalue weighted by Gasteiger charge is 2.12. The summed E-state index contributed by atoms with van der Waals surface area (Å²) in [6.45, 7) is 0. The van der Waals surface area contributed by atoms with Gasteiger partial charge in [0.1, 0.15) is 0 Å². The number of aromatic nitrogens is 1. The van der Waals surface area contributed by atoms with Crippen LogP contribution in [0.4, 0.5) is 0 Å². The monoisotopic (exact) mass is 411 g/mol. The van der Waals surface area contributed by atoms with Gasteiger partial charge in [-0.1, -0.05) is 27.5 Å². The molecule has 0 radical (unpaired) electrons. The standard InChI is InChI=1S/C15H11BrClN3O2S/c16-11-1-6-15-14(7-11)10(8-18-15)9-19-20-23(21,22)13-4-2-12(17)3-5-13/h1-9,18,20H/b19-9-. The Kier molecular flexibility index (Phi) is 4.43. The van der Waals surface area contributed by atoms with Crippen LogP contribution in [0.1, 0.15) is 5.56 Å². The lowest BCUT2D eigenvalue weighted by Gasteiger charge is -2.02. The van der Waals surface area contributed by atoms with Crippen LogP contribution in [0.3, 0.4) is 0 Å². The van der Waals surface area contributed by atoms with E-state index in [1.54, 1.807) is 6.20 Å². The normalized spacial score (nSPS) is 12.1. The Morgan fingerprint density at radius 1 is 1.17 bits per heavy atom. The first-order valence-corrected chi connectivity index (χ1v) is 9.18. The van der Waals surface area contributed by atoms with Gasteiger partial charge in [-0.05, 0) is 42.5 Å². The Labute approximate surface area is 146 Å². The van der Waals surface area contributed by atoms with Crippen LogP contribution in [0.15, 0.2) is 63.1 Å². The van der Waals surface area contributed by atoms with E-state index in [1.165, 1.54) is 30.5 Å². The molecule has 118 valence electrons. The van der Waals surface area contributed by atoms with Gasteiger partial charge in [0.15, 0.2) is 0 Å². The molecule has 0 aliphatic carbocycles. The van der Waals surface area contributed by atoms with Crippen molar-refractivity contribution in [1.82, 2.24) is 9.82 Å². The largest absolute Gasteiger partial charge is 0.361 e. The van der Waals surface area contributed by atoms with Crippen LogP contribution in [-0.2, 0) is 10.0 Å². The zero-order valence-corrected chi connectivity index (χ0v) is 14.8. The van der Waals surface area contributed by atoms with Crippen LogP contribution in [0.5, 0.6) is 0 Å². The summed E-state index contributed by atoms with van der Waals surface area (Å²) in [5, 5.41) is 5.24. The first-order chi connectivity index (χ1) is 11.0. The molecule has 0 aliphatic rings. The molecule has 0 unspecified atom stereocenters. The van der Waals surface area contributed by atoms with E-state index in [4.69, 9.17) is 11.6 Å². The van der Waals surface area contributed by atoms with Crippen LogP contribution in [-0.4, -0.2) is 19.6 Å². The second-order valence-electron chi connectivity index (χ2n) is 4.74. The van der Waals surface area contributed by atoms with E-state index >= 15 is 0 Å². The lowest BCUT2D eigenvalue weighted by Crippen LogP contribution is -2.18. The van der Waals surface area contributed by atoms with Gasteiger partial charge in [0, 0.05) is 32.2 Å². The van der Waals surface area contributed by atoms with E-state index in [0.29, 0.717) is 5.02 Å². The summed E-state index contributed by atoms with van der Waals surface area (Å²) in [6, 6.07) is 11.6. The lowest BCUT2D eigenvalue weighted by atomic mass is 10.2. The zero-order chi connectivity index (χ0) is 16.4. The number of hydrazone groups is 1. The van der Waals surface area contributed by atoms with E-state index in [9.17, 15) is 8.42 Å². The molecule has 23 heavy (non-hydrogen) atoms. The average Bonchev–Trinajstić information content (AvgIpc) is 2.90. The molecule has 0 atom stereocenters. The van der Waals surface area contributed by atoms with Gasteiger partial charge in [0.25, 0.3) is 10.0 Å². The van der Waals surface area contributed by atoms with E-state index < -0.39 is 10.0 Å². The summed E-state index contributed by atoms with van der Waals surface area (Å²) >= 11 is 9.16. The summed E-state index contributed by atoms with van der Waals surface area (Å²) < 4.78 is 25.1. The molecule has 0 spiro atoms. The quantitative estimate of drug-likeness (QED) is 0.504. The number of hydrogen-bond donors (Lipinski definition) is 2. The molecule has 1 aromatic heterocycles. The predicted molar refractivity (Wildman–Crippen MR) is 95.4 cm³/mol. The van der Waals surface area contributed by atoms with Gasteiger partial charge in [-0.25, -0.2) is 4.83 Å². The molecule has 0 bridgehead atoms. The van der Waals surface area contributed by atoms with Crippen molar-refractivity contribution in [3.05, 3.63) is 63.7 Å². The van der Waals surface area contributed by atoms with Crippen LogP contribution < -0.4 is 4.83 Å².